The molecule has 1 heterocycles. The topological polar surface area (TPSA) is 114 Å². The predicted molar refractivity (Wildman–Crippen MR) is 124 cm³/mol. The van der Waals surface area contributed by atoms with Crippen LogP contribution in [0.15, 0.2) is 48.8 Å². The maximum Gasteiger partial charge on any atom is 0.325 e. The maximum atomic E-state index is 13.0. The molecule has 2 amide bonds. The lowest BCUT2D eigenvalue weighted by Gasteiger charge is -2.15. The minimum atomic E-state index is -0.519. The third-order valence-corrected chi connectivity index (χ3v) is 4.78. The van der Waals surface area contributed by atoms with Crippen LogP contribution in [0.2, 0.25) is 5.02 Å². The first-order chi connectivity index (χ1) is 15.4. The number of hydrogen-bond acceptors (Lipinski definition) is 6. The Labute approximate surface area is 190 Å². The number of nitrogens with two attached hydrogens (primary N) is 1. The summed E-state index contributed by atoms with van der Waals surface area (Å²) < 4.78 is 18.7. The second kappa shape index (κ2) is 11.3. The SMILES string of the molecule is CCOc1cc(CCNCc2ccc(F)cc2)c(Cl)cc1NC(=O)Nc1cnc(N)cn1. The van der Waals surface area contributed by atoms with Gasteiger partial charge in [-0.25, -0.2) is 19.2 Å². The number of rotatable bonds is 9. The Balaban J connectivity index is 1.60. The molecule has 168 valence electrons. The number of nitrogens with zero attached hydrogens (tertiary/aromatic N) is 2. The van der Waals surface area contributed by atoms with E-state index in [-0.39, 0.29) is 17.5 Å². The molecule has 5 N–H and O–H groups in total. The normalized spacial score (nSPS) is 10.6. The molecule has 0 aliphatic rings. The zero-order valence-corrected chi connectivity index (χ0v) is 18.2. The van der Waals surface area contributed by atoms with E-state index in [4.69, 9.17) is 22.1 Å². The van der Waals surface area contributed by atoms with Crippen molar-refractivity contribution < 1.29 is 13.9 Å². The van der Waals surface area contributed by atoms with E-state index in [0.29, 0.717) is 42.6 Å². The fraction of sp³-hybridized carbons (Fsp3) is 0.227. The van der Waals surface area contributed by atoms with Gasteiger partial charge in [-0.1, -0.05) is 23.7 Å². The highest BCUT2D eigenvalue weighted by Gasteiger charge is 2.13. The van der Waals surface area contributed by atoms with E-state index < -0.39 is 6.03 Å². The van der Waals surface area contributed by atoms with Gasteiger partial charge in [0, 0.05) is 11.6 Å². The molecule has 1 aromatic heterocycles. The Morgan fingerprint density at radius 2 is 1.94 bits per heavy atom. The molecular formula is C22H24ClFN6O2. The Bertz CT molecular complexity index is 1050. The largest absolute Gasteiger partial charge is 0.492 e. The summed E-state index contributed by atoms with van der Waals surface area (Å²) in [5.74, 6) is 0.755. The zero-order valence-electron chi connectivity index (χ0n) is 17.5. The summed E-state index contributed by atoms with van der Waals surface area (Å²) in [6, 6.07) is 9.29. The van der Waals surface area contributed by atoms with Gasteiger partial charge in [0.1, 0.15) is 17.4 Å². The van der Waals surface area contributed by atoms with Crippen molar-refractivity contribution in [2.24, 2.45) is 0 Å². The average Bonchev–Trinajstić information content (AvgIpc) is 2.77. The number of nitrogens with one attached hydrogen (secondary N) is 3. The number of halogens is 2. The third kappa shape index (κ3) is 6.79. The molecule has 0 bridgehead atoms. The van der Waals surface area contributed by atoms with Crippen molar-refractivity contribution in [1.82, 2.24) is 15.3 Å². The van der Waals surface area contributed by atoms with Gasteiger partial charge in [-0.2, -0.15) is 0 Å². The number of aromatic nitrogens is 2. The van der Waals surface area contributed by atoms with E-state index in [9.17, 15) is 9.18 Å². The molecule has 0 unspecified atom stereocenters. The van der Waals surface area contributed by atoms with Gasteiger partial charge in [-0.05, 0) is 55.3 Å². The number of amides is 2. The fourth-order valence-electron chi connectivity index (χ4n) is 2.89. The summed E-state index contributed by atoms with van der Waals surface area (Å²) in [5, 5.41) is 9.09. The molecule has 32 heavy (non-hydrogen) atoms. The van der Waals surface area contributed by atoms with Crippen molar-refractivity contribution in [3.63, 3.8) is 0 Å². The number of carbonyl (C=O) groups is 1. The third-order valence-electron chi connectivity index (χ3n) is 4.42. The van der Waals surface area contributed by atoms with Crippen molar-refractivity contribution in [3.8, 4) is 5.75 Å². The van der Waals surface area contributed by atoms with Crippen molar-refractivity contribution >= 4 is 35.0 Å². The molecule has 2 aromatic carbocycles. The number of benzene rings is 2. The second-order valence-corrected chi connectivity index (χ2v) is 7.24. The highest BCUT2D eigenvalue weighted by molar-refractivity contribution is 6.31. The Morgan fingerprint density at radius 1 is 1.16 bits per heavy atom. The van der Waals surface area contributed by atoms with Crippen molar-refractivity contribution in [2.45, 2.75) is 19.9 Å². The van der Waals surface area contributed by atoms with E-state index in [0.717, 1.165) is 11.1 Å². The molecule has 0 spiro atoms. The monoisotopic (exact) mass is 458 g/mol. The first kappa shape index (κ1) is 23.2. The van der Waals surface area contributed by atoms with Gasteiger partial charge in [0.15, 0.2) is 5.82 Å². The lowest BCUT2D eigenvalue weighted by molar-refractivity contribution is 0.262. The molecule has 0 aliphatic carbocycles. The maximum absolute atomic E-state index is 13.0. The van der Waals surface area contributed by atoms with Gasteiger partial charge < -0.3 is 21.1 Å². The highest BCUT2D eigenvalue weighted by Crippen LogP contribution is 2.32. The van der Waals surface area contributed by atoms with Crippen LogP contribution in [-0.4, -0.2) is 29.2 Å². The van der Waals surface area contributed by atoms with E-state index in [1.54, 1.807) is 18.2 Å². The minimum Gasteiger partial charge on any atom is -0.492 e. The van der Waals surface area contributed by atoms with E-state index in [1.165, 1.54) is 24.5 Å². The summed E-state index contributed by atoms with van der Waals surface area (Å²) in [6.07, 6.45) is 3.35. The molecule has 3 rings (SSSR count). The highest BCUT2D eigenvalue weighted by atomic mass is 35.5. The lowest BCUT2D eigenvalue weighted by atomic mass is 10.1. The average molecular weight is 459 g/mol. The van der Waals surface area contributed by atoms with Crippen molar-refractivity contribution in [2.75, 3.05) is 29.5 Å². The van der Waals surface area contributed by atoms with Crippen LogP contribution >= 0.6 is 11.6 Å². The number of anilines is 3. The summed E-state index contributed by atoms with van der Waals surface area (Å²) in [7, 11) is 0. The van der Waals surface area contributed by atoms with Crippen LogP contribution in [0.1, 0.15) is 18.1 Å². The van der Waals surface area contributed by atoms with E-state index in [1.807, 2.05) is 13.0 Å². The lowest BCUT2D eigenvalue weighted by Crippen LogP contribution is -2.21. The molecule has 0 saturated heterocycles. The quantitative estimate of drug-likeness (QED) is 0.357. The van der Waals surface area contributed by atoms with Crippen LogP contribution in [0.4, 0.5) is 26.5 Å². The Kier molecular flexibility index (Phi) is 8.18. The van der Waals surface area contributed by atoms with Crippen LogP contribution in [-0.2, 0) is 13.0 Å². The van der Waals surface area contributed by atoms with E-state index >= 15 is 0 Å². The molecule has 0 radical (unpaired) electrons. The van der Waals surface area contributed by atoms with E-state index in [2.05, 4.69) is 25.9 Å². The molecular weight excluding hydrogens is 435 g/mol. The van der Waals surface area contributed by atoms with Crippen LogP contribution in [0, 0.1) is 5.82 Å². The summed E-state index contributed by atoms with van der Waals surface area (Å²) in [6.45, 7) is 3.55. The Hall–Kier alpha value is -3.43. The fourth-order valence-corrected chi connectivity index (χ4v) is 3.15. The van der Waals surface area contributed by atoms with Crippen LogP contribution < -0.4 is 26.4 Å². The predicted octanol–water partition coefficient (Wildman–Crippen LogP) is 4.23. The standard InChI is InChI=1S/C22H24ClFN6O2/c1-2-32-19-9-15(7-8-26-11-14-3-5-16(24)6-4-14)17(23)10-18(19)29-22(31)30-21-13-27-20(25)12-28-21/h3-6,9-10,12-13,26H,2,7-8,11H2,1H3,(H2,25,27)(H2,28,29,30,31). The van der Waals surface area contributed by atoms with Gasteiger partial charge in [0.05, 0.1) is 24.7 Å². The summed E-state index contributed by atoms with van der Waals surface area (Å²) >= 11 is 6.44. The Morgan fingerprint density at radius 3 is 2.62 bits per heavy atom. The second-order valence-electron chi connectivity index (χ2n) is 6.83. The molecule has 10 heteroatoms. The number of carbonyl (C=O) groups excluding carboxylic acids is 1. The molecule has 0 aliphatic heterocycles. The van der Waals surface area contributed by atoms with Gasteiger partial charge in [-0.15, -0.1) is 0 Å². The minimum absolute atomic E-state index is 0.254. The first-order valence-electron chi connectivity index (χ1n) is 10.0. The van der Waals surface area contributed by atoms with Crippen LogP contribution in [0.3, 0.4) is 0 Å². The molecule has 0 fully saturated rings. The van der Waals surface area contributed by atoms with Gasteiger partial charge in [0.2, 0.25) is 0 Å². The van der Waals surface area contributed by atoms with Gasteiger partial charge >= 0.3 is 6.03 Å². The smallest absolute Gasteiger partial charge is 0.325 e. The molecule has 3 aromatic rings. The van der Waals surface area contributed by atoms with Crippen molar-refractivity contribution in [1.29, 1.82) is 0 Å². The summed E-state index contributed by atoms with van der Waals surface area (Å²) in [5.41, 5.74) is 7.79. The number of hydrogen-bond donors (Lipinski definition) is 4. The molecule has 8 nitrogen and oxygen atoms in total. The summed E-state index contributed by atoms with van der Waals surface area (Å²) in [4.78, 5) is 20.2. The van der Waals surface area contributed by atoms with Crippen LogP contribution in [0.25, 0.3) is 0 Å². The zero-order chi connectivity index (χ0) is 22.9. The van der Waals surface area contributed by atoms with Crippen LogP contribution in [0.5, 0.6) is 5.75 Å². The van der Waals surface area contributed by atoms with Gasteiger partial charge in [-0.3, -0.25) is 5.32 Å². The first-order valence-corrected chi connectivity index (χ1v) is 10.4. The van der Waals surface area contributed by atoms with Gasteiger partial charge in [0.25, 0.3) is 0 Å². The molecule has 0 atom stereocenters. The number of urea groups is 1. The molecule has 0 saturated carbocycles. The number of ether oxygens (including phenoxy) is 1. The number of nitrogen functional groups attached to an aromatic ring is 1. The van der Waals surface area contributed by atoms with Crippen molar-refractivity contribution in [3.05, 3.63) is 70.8 Å².